The van der Waals surface area contributed by atoms with Crippen LogP contribution in [0.1, 0.15) is 22.7 Å². The summed E-state index contributed by atoms with van der Waals surface area (Å²) in [6.07, 6.45) is 7.22. The first-order valence-corrected chi connectivity index (χ1v) is 14.4. The van der Waals surface area contributed by atoms with E-state index in [2.05, 4.69) is 15.3 Å². The minimum absolute atomic E-state index is 0.0325. The summed E-state index contributed by atoms with van der Waals surface area (Å²) in [6, 6.07) is 26.4. The summed E-state index contributed by atoms with van der Waals surface area (Å²) >= 11 is 12.1. The lowest BCUT2D eigenvalue weighted by atomic mass is 10.0. The van der Waals surface area contributed by atoms with Gasteiger partial charge in [-0.05, 0) is 65.6 Å². The molecule has 0 aliphatic carbocycles. The molecule has 5 rings (SSSR count). The van der Waals surface area contributed by atoms with Crippen LogP contribution in [0, 0.1) is 0 Å². The van der Waals surface area contributed by atoms with Crippen LogP contribution in [0.5, 0.6) is 0 Å². The van der Waals surface area contributed by atoms with Gasteiger partial charge >= 0.3 is 0 Å². The molecule has 1 unspecified atom stereocenters. The molecule has 0 bridgehead atoms. The normalized spacial score (nSPS) is 12.0. The van der Waals surface area contributed by atoms with Gasteiger partial charge in [0.15, 0.2) is 0 Å². The summed E-state index contributed by atoms with van der Waals surface area (Å²) < 4.78 is 1.32. The van der Waals surface area contributed by atoms with E-state index in [1.807, 2.05) is 66.7 Å². The van der Waals surface area contributed by atoms with Crippen molar-refractivity contribution in [3.8, 4) is 11.3 Å². The summed E-state index contributed by atoms with van der Waals surface area (Å²) in [6.45, 7) is 0. The fraction of sp³-hybridized carbons (Fsp3) is 0.0909. The van der Waals surface area contributed by atoms with Crippen LogP contribution in [0.25, 0.3) is 11.3 Å². The quantitative estimate of drug-likeness (QED) is 0.104. The van der Waals surface area contributed by atoms with E-state index in [4.69, 9.17) is 34.8 Å². The summed E-state index contributed by atoms with van der Waals surface area (Å²) in [4.78, 5) is 35.9. The van der Waals surface area contributed by atoms with Crippen molar-refractivity contribution >= 4 is 40.5 Å². The van der Waals surface area contributed by atoms with E-state index in [1.54, 1.807) is 30.6 Å². The van der Waals surface area contributed by atoms with Gasteiger partial charge in [-0.3, -0.25) is 24.1 Å². The number of hydrazine groups is 1. The summed E-state index contributed by atoms with van der Waals surface area (Å²) in [5, 5.41) is 4.57. The Morgan fingerprint density at radius 2 is 1.66 bits per heavy atom. The zero-order chi connectivity index (χ0) is 31.1. The molecule has 2 heterocycles. The van der Waals surface area contributed by atoms with E-state index in [9.17, 15) is 9.59 Å². The Balaban J connectivity index is 1.44. The van der Waals surface area contributed by atoms with Crippen LogP contribution in [-0.4, -0.2) is 20.4 Å². The predicted molar refractivity (Wildman–Crippen MR) is 175 cm³/mol. The lowest BCUT2D eigenvalue weighted by molar-refractivity contribution is -0.119. The average molecular weight is 627 g/mol. The van der Waals surface area contributed by atoms with Crippen LogP contribution in [0.2, 0.25) is 5.02 Å². The van der Waals surface area contributed by atoms with E-state index in [0.717, 1.165) is 23.1 Å². The van der Waals surface area contributed by atoms with Crippen LogP contribution in [0.15, 0.2) is 126 Å². The number of carbonyl (C=O) groups is 1. The SMILES string of the molecule is N/C(Cl)=C\N(N)c1ccc(Cl)cc1-c1cc(=O)n(C(Cc2ccccc2)C(=O)Nc2ccc(Cc3ccncc3)cc2)cn1. The number of aromatic nitrogens is 3. The summed E-state index contributed by atoms with van der Waals surface area (Å²) in [5.74, 6) is 5.78. The fourth-order valence-corrected chi connectivity index (χ4v) is 5.03. The van der Waals surface area contributed by atoms with Crippen molar-refractivity contribution < 1.29 is 4.79 Å². The molecule has 0 saturated carbocycles. The van der Waals surface area contributed by atoms with Gasteiger partial charge in [-0.1, -0.05) is 65.7 Å². The maximum absolute atomic E-state index is 13.7. The largest absolute Gasteiger partial charge is 0.388 e. The number of hydrogen-bond donors (Lipinski definition) is 3. The minimum Gasteiger partial charge on any atom is -0.388 e. The van der Waals surface area contributed by atoms with Gasteiger partial charge in [0.1, 0.15) is 11.2 Å². The third-order valence-electron chi connectivity index (χ3n) is 6.90. The van der Waals surface area contributed by atoms with E-state index in [-0.39, 0.29) is 17.5 Å². The lowest BCUT2D eigenvalue weighted by Crippen LogP contribution is -2.34. The topological polar surface area (TPSA) is 132 Å². The number of halogens is 2. The minimum atomic E-state index is -0.883. The number of amides is 1. The van der Waals surface area contributed by atoms with Gasteiger partial charge in [-0.15, -0.1) is 0 Å². The molecule has 1 amide bonds. The average Bonchev–Trinajstić information content (AvgIpc) is 3.01. The molecule has 0 spiro atoms. The third kappa shape index (κ3) is 7.70. The molecule has 2 aromatic heterocycles. The van der Waals surface area contributed by atoms with Crippen molar-refractivity contribution in [2.75, 3.05) is 10.3 Å². The Morgan fingerprint density at radius 1 is 0.955 bits per heavy atom. The highest BCUT2D eigenvalue weighted by Gasteiger charge is 2.24. The highest BCUT2D eigenvalue weighted by molar-refractivity contribution is 6.31. The zero-order valence-corrected chi connectivity index (χ0v) is 25.0. The zero-order valence-electron chi connectivity index (χ0n) is 23.5. The van der Waals surface area contributed by atoms with Crippen molar-refractivity contribution in [2.24, 2.45) is 11.6 Å². The number of hydrogen-bond acceptors (Lipinski definition) is 7. The van der Waals surface area contributed by atoms with Crippen LogP contribution in [0.4, 0.5) is 11.4 Å². The standard InChI is InChI=1S/C33H29Cl2N7O2/c34-25-8-11-29(42(37)20-31(35)36)27(18-25)28-19-32(43)41(21-39-28)30(17-22-4-2-1-3-5-22)33(44)40-26-9-6-23(7-10-26)16-24-12-14-38-15-13-24/h1-15,18-21,30H,16-17,36-37H2,(H,40,44)/b31-20-. The van der Waals surface area contributed by atoms with Crippen molar-refractivity contribution in [2.45, 2.75) is 18.9 Å². The first-order valence-electron chi connectivity index (χ1n) is 13.6. The molecule has 5 N–H and O–H groups in total. The number of nitrogens with zero attached hydrogens (tertiary/aromatic N) is 4. The number of pyridine rings is 1. The molecule has 0 radical (unpaired) electrons. The van der Waals surface area contributed by atoms with E-state index >= 15 is 0 Å². The molecule has 44 heavy (non-hydrogen) atoms. The summed E-state index contributed by atoms with van der Waals surface area (Å²) in [5.41, 5.74) is 10.1. The van der Waals surface area contributed by atoms with Gasteiger partial charge in [0, 0.05) is 41.2 Å². The first kappa shape index (κ1) is 30.5. The number of carbonyl (C=O) groups excluding carboxylic acids is 1. The van der Waals surface area contributed by atoms with Gasteiger partial charge in [0.25, 0.3) is 5.56 Å². The highest BCUT2D eigenvalue weighted by atomic mass is 35.5. The Bertz CT molecular complexity index is 1830. The van der Waals surface area contributed by atoms with Crippen LogP contribution in [-0.2, 0) is 17.6 Å². The lowest BCUT2D eigenvalue weighted by Gasteiger charge is -2.21. The van der Waals surface area contributed by atoms with Crippen LogP contribution < -0.4 is 27.5 Å². The molecule has 222 valence electrons. The Labute approximate surface area is 264 Å². The number of nitrogens with one attached hydrogen (secondary N) is 1. The molecule has 0 fully saturated rings. The maximum atomic E-state index is 13.7. The van der Waals surface area contributed by atoms with E-state index in [0.29, 0.717) is 27.7 Å². The molecule has 3 aromatic carbocycles. The predicted octanol–water partition coefficient (Wildman–Crippen LogP) is 5.65. The van der Waals surface area contributed by atoms with Gasteiger partial charge in [0.05, 0.1) is 23.9 Å². The van der Waals surface area contributed by atoms with Crippen molar-refractivity contribution in [3.05, 3.63) is 153 Å². The number of rotatable bonds is 10. The highest BCUT2D eigenvalue weighted by Crippen LogP contribution is 2.31. The van der Waals surface area contributed by atoms with E-state index < -0.39 is 11.6 Å². The molecule has 0 saturated heterocycles. The second kappa shape index (κ2) is 14.0. The van der Waals surface area contributed by atoms with Crippen molar-refractivity contribution in [1.82, 2.24) is 14.5 Å². The van der Waals surface area contributed by atoms with Crippen molar-refractivity contribution in [1.29, 1.82) is 0 Å². The fourth-order valence-electron chi connectivity index (χ4n) is 4.75. The molecule has 0 aliphatic rings. The van der Waals surface area contributed by atoms with Crippen LogP contribution in [0.3, 0.4) is 0 Å². The molecule has 11 heteroatoms. The molecule has 1 atom stereocenters. The molecule has 5 aromatic rings. The number of nitrogens with two attached hydrogens (primary N) is 2. The Morgan fingerprint density at radius 3 is 2.34 bits per heavy atom. The molecule has 0 aliphatic heterocycles. The van der Waals surface area contributed by atoms with Crippen molar-refractivity contribution in [3.63, 3.8) is 0 Å². The maximum Gasteiger partial charge on any atom is 0.254 e. The monoisotopic (exact) mass is 625 g/mol. The van der Waals surface area contributed by atoms with Crippen LogP contribution >= 0.6 is 23.2 Å². The third-order valence-corrected chi connectivity index (χ3v) is 7.23. The van der Waals surface area contributed by atoms with Gasteiger partial charge in [-0.25, -0.2) is 10.8 Å². The second-order valence-corrected chi connectivity index (χ2v) is 10.9. The summed E-state index contributed by atoms with van der Waals surface area (Å²) in [7, 11) is 0. The smallest absolute Gasteiger partial charge is 0.254 e. The molecule has 9 nitrogen and oxygen atoms in total. The van der Waals surface area contributed by atoms with E-state index in [1.165, 1.54) is 28.2 Å². The Kier molecular flexibility index (Phi) is 9.71. The second-order valence-electron chi connectivity index (χ2n) is 10.0. The molecular formula is C33H29Cl2N7O2. The first-order chi connectivity index (χ1) is 21.3. The van der Waals surface area contributed by atoms with Gasteiger partial charge < -0.3 is 11.1 Å². The molecular weight excluding hydrogens is 597 g/mol. The number of anilines is 2. The van der Waals surface area contributed by atoms with Gasteiger partial charge in [0.2, 0.25) is 5.91 Å². The van der Waals surface area contributed by atoms with Gasteiger partial charge in [-0.2, -0.15) is 0 Å². The Hall–Kier alpha value is -4.96. The number of benzene rings is 3.